The second-order valence-corrected chi connectivity index (χ2v) is 9.29. The minimum absolute atomic E-state index is 0.0111. The number of rotatable bonds is 5. The molecule has 1 aliphatic heterocycles. The smallest absolute Gasteiger partial charge is 0.251 e. The first-order valence-corrected chi connectivity index (χ1v) is 11.7. The van der Waals surface area contributed by atoms with Crippen molar-refractivity contribution in [3.8, 4) is 17.1 Å². The fourth-order valence-electron chi connectivity index (χ4n) is 4.40. The summed E-state index contributed by atoms with van der Waals surface area (Å²) in [6.45, 7) is 4.76. The summed E-state index contributed by atoms with van der Waals surface area (Å²) >= 11 is 0. The molecular weight excluding hydrogens is 424 g/mol. The van der Waals surface area contributed by atoms with Crippen LogP contribution in [0.4, 0.5) is 11.5 Å². The first-order chi connectivity index (χ1) is 16.5. The van der Waals surface area contributed by atoms with Gasteiger partial charge in [-0.05, 0) is 73.7 Å². The Morgan fingerprint density at radius 3 is 2.71 bits per heavy atom. The predicted molar refractivity (Wildman–Crippen MR) is 132 cm³/mol. The maximum atomic E-state index is 12.1. The minimum Gasteiger partial charge on any atom is -0.351 e. The fraction of sp³-hybridized carbons (Fsp3) is 0.259. The minimum atomic E-state index is -0.0111. The molecule has 7 heteroatoms. The van der Waals surface area contributed by atoms with Crippen molar-refractivity contribution < 1.29 is 4.79 Å². The molecule has 1 fully saturated rings. The van der Waals surface area contributed by atoms with E-state index in [1.54, 1.807) is 0 Å². The van der Waals surface area contributed by atoms with E-state index in [1.165, 1.54) is 18.5 Å². The lowest BCUT2D eigenvalue weighted by Gasteiger charge is -2.23. The van der Waals surface area contributed by atoms with Crippen LogP contribution in [0.5, 0.6) is 0 Å². The van der Waals surface area contributed by atoms with Crippen molar-refractivity contribution in [1.29, 1.82) is 0 Å². The van der Waals surface area contributed by atoms with Gasteiger partial charge in [-0.1, -0.05) is 6.92 Å². The number of nitrogens with zero attached hydrogens (tertiary/aromatic N) is 4. The third-order valence-electron chi connectivity index (χ3n) is 6.65. The number of aromatic nitrogens is 4. The molecule has 4 aromatic rings. The maximum absolute atomic E-state index is 12.1. The molecule has 7 nitrogen and oxygen atoms in total. The second kappa shape index (κ2) is 8.09. The molecule has 1 atom stereocenters. The van der Waals surface area contributed by atoms with Gasteiger partial charge in [0.1, 0.15) is 5.82 Å². The maximum Gasteiger partial charge on any atom is 0.251 e. The number of imidazole rings is 1. The molecule has 0 radical (unpaired) electrons. The summed E-state index contributed by atoms with van der Waals surface area (Å²) in [6, 6.07) is 14.1. The van der Waals surface area contributed by atoms with Crippen LogP contribution in [0.15, 0.2) is 61.2 Å². The van der Waals surface area contributed by atoms with Gasteiger partial charge in [0.15, 0.2) is 5.82 Å². The standard InChI is InChI=1S/C27H26N6O/c1-16-12-29-27(34)22-10-7-20(11-23(16)22)31-25-17(2)13-28-26(32-25)19-5-8-21(9-6-19)33-14-24(30-15-33)18-3-4-18/h5-11,13-16,18H,3-4,12H2,1-2H3,(H,29,34)(H,28,31,32). The highest BCUT2D eigenvalue weighted by atomic mass is 16.1. The Kier molecular flexibility index (Phi) is 4.90. The van der Waals surface area contributed by atoms with E-state index in [0.717, 1.165) is 39.4 Å². The van der Waals surface area contributed by atoms with Crippen LogP contribution in [0.1, 0.15) is 58.8 Å². The number of hydrogen-bond acceptors (Lipinski definition) is 5. The average molecular weight is 451 g/mol. The number of amides is 1. The van der Waals surface area contributed by atoms with Crippen molar-refractivity contribution in [1.82, 2.24) is 24.8 Å². The lowest BCUT2D eigenvalue weighted by Crippen LogP contribution is -2.33. The highest BCUT2D eigenvalue weighted by Gasteiger charge is 2.26. The molecule has 0 saturated heterocycles. The molecule has 2 aromatic heterocycles. The van der Waals surface area contributed by atoms with Gasteiger partial charge in [-0.3, -0.25) is 4.79 Å². The zero-order valence-corrected chi connectivity index (χ0v) is 19.2. The van der Waals surface area contributed by atoms with Crippen molar-refractivity contribution in [3.05, 3.63) is 83.6 Å². The van der Waals surface area contributed by atoms with Crippen LogP contribution in [0.2, 0.25) is 0 Å². The van der Waals surface area contributed by atoms with E-state index in [9.17, 15) is 4.79 Å². The van der Waals surface area contributed by atoms with Gasteiger partial charge in [-0.2, -0.15) is 0 Å². The number of aryl methyl sites for hydroxylation is 1. The van der Waals surface area contributed by atoms with E-state index in [1.807, 2.05) is 43.7 Å². The molecule has 170 valence electrons. The molecule has 0 spiro atoms. The van der Waals surface area contributed by atoms with Crippen LogP contribution in [0.25, 0.3) is 17.1 Å². The van der Waals surface area contributed by atoms with E-state index in [0.29, 0.717) is 18.3 Å². The molecular formula is C27H26N6O. The zero-order valence-electron chi connectivity index (χ0n) is 19.2. The first kappa shape index (κ1) is 20.6. The number of fused-ring (bicyclic) bond motifs is 1. The summed E-state index contributed by atoms with van der Waals surface area (Å²) in [7, 11) is 0. The van der Waals surface area contributed by atoms with Crippen LogP contribution < -0.4 is 10.6 Å². The van der Waals surface area contributed by atoms with E-state index >= 15 is 0 Å². The van der Waals surface area contributed by atoms with Crippen LogP contribution in [-0.2, 0) is 0 Å². The Morgan fingerprint density at radius 1 is 1.09 bits per heavy atom. The molecule has 3 heterocycles. The molecule has 1 saturated carbocycles. The highest BCUT2D eigenvalue weighted by molar-refractivity contribution is 5.97. The molecule has 2 aliphatic rings. The van der Waals surface area contributed by atoms with Crippen LogP contribution in [-0.4, -0.2) is 32.0 Å². The third-order valence-corrected chi connectivity index (χ3v) is 6.65. The summed E-state index contributed by atoms with van der Waals surface area (Å²) in [5, 5.41) is 6.36. The summed E-state index contributed by atoms with van der Waals surface area (Å²) in [6.07, 6.45) is 8.34. The summed E-state index contributed by atoms with van der Waals surface area (Å²) < 4.78 is 2.07. The number of benzene rings is 2. The van der Waals surface area contributed by atoms with Gasteiger partial charge in [0, 0.05) is 52.9 Å². The topological polar surface area (TPSA) is 84.7 Å². The second-order valence-electron chi connectivity index (χ2n) is 9.29. The van der Waals surface area contributed by atoms with Crippen molar-refractivity contribution in [2.75, 3.05) is 11.9 Å². The lowest BCUT2D eigenvalue weighted by molar-refractivity contribution is 0.0941. The van der Waals surface area contributed by atoms with Crippen LogP contribution >= 0.6 is 0 Å². The predicted octanol–water partition coefficient (Wildman–Crippen LogP) is 5.11. The van der Waals surface area contributed by atoms with Crippen molar-refractivity contribution in [2.24, 2.45) is 0 Å². The Morgan fingerprint density at radius 2 is 1.91 bits per heavy atom. The highest BCUT2D eigenvalue weighted by Crippen LogP contribution is 2.39. The van der Waals surface area contributed by atoms with Gasteiger partial charge < -0.3 is 15.2 Å². The molecule has 1 aliphatic carbocycles. The fourth-order valence-corrected chi connectivity index (χ4v) is 4.40. The Hall–Kier alpha value is -4.00. The van der Waals surface area contributed by atoms with Crippen molar-refractivity contribution in [2.45, 2.75) is 38.5 Å². The quantitative estimate of drug-likeness (QED) is 0.442. The normalized spacial score (nSPS) is 17.2. The van der Waals surface area contributed by atoms with Gasteiger partial charge in [-0.15, -0.1) is 0 Å². The third kappa shape index (κ3) is 3.83. The van der Waals surface area contributed by atoms with Gasteiger partial charge in [0.25, 0.3) is 5.91 Å². The first-order valence-electron chi connectivity index (χ1n) is 11.7. The Labute approximate surface area is 198 Å². The summed E-state index contributed by atoms with van der Waals surface area (Å²) in [5.74, 6) is 2.32. The molecule has 1 unspecified atom stereocenters. The van der Waals surface area contributed by atoms with Gasteiger partial charge in [0.05, 0.1) is 12.0 Å². The van der Waals surface area contributed by atoms with Crippen molar-refractivity contribution >= 4 is 17.4 Å². The number of carbonyl (C=O) groups is 1. The van der Waals surface area contributed by atoms with Gasteiger partial charge in [0.2, 0.25) is 0 Å². The van der Waals surface area contributed by atoms with E-state index in [-0.39, 0.29) is 11.8 Å². The Bertz CT molecular complexity index is 1390. The molecule has 6 rings (SSSR count). The van der Waals surface area contributed by atoms with Crippen LogP contribution in [0, 0.1) is 6.92 Å². The van der Waals surface area contributed by atoms with Crippen LogP contribution in [0.3, 0.4) is 0 Å². The molecule has 1 amide bonds. The summed E-state index contributed by atoms with van der Waals surface area (Å²) in [5.41, 5.74) is 6.86. The van der Waals surface area contributed by atoms with E-state index in [2.05, 4.69) is 56.5 Å². The zero-order chi connectivity index (χ0) is 23.2. The largest absolute Gasteiger partial charge is 0.351 e. The molecule has 0 bridgehead atoms. The van der Waals surface area contributed by atoms with Gasteiger partial charge in [-0.25, -0.2) is 15.0 Å². The number of hydrogen-bond donors (Lipinski definition) is 2. The number of nitrogens with one attached hydrogen (secondary N) is 2. The van der Waals surface area contributed by atoms with Crippen molar-refractivity contribution in [3.63, 3.8) is 0 Å². The van der Waals surface area contributed by atoms with Gasteiger partial charge >= 0.3 is 0 Å². The Balaban J connectivity index is 1.25. The number of carbonyl (C=O) groups excluding carboxylic acids is 1. The molecule has 2 aromatic carbocycles. The molecule has 2 N–H and O–H groups in total. The average Bonchev–Trinajstić information content (AvgIpc) is 3.59. The SMILES string of the molecule is Cc1cnc(-c2ccc(-n3cnc(C4CC4)c3)cc2)nc1Nc1ccc2c(c1)C(C)CNC2=O. The summed E-state index contributed by atoms with van der Waals surface area (Å²) in [4.78, 5) is 26.0. The lowest BCUT2D eigenvalue weighted by atomic mass is 9.91. The number of anilines is 2. The molecule has 34 heavy (non-hydrogen) atoms. The van der Waals surface area contributed by atoms with E-state index < -0.39 is 0 Å². The van der Waals surface area contributed by atoms with E-state index in [4.69, 9.17) is 4.98 Å². The monoisotopic (exact) mass is 450 g/mol.